The molecule has 7 nitrogen and oxygen atoms in total. The lowest BCUT2D eigenvalue weighted by Crippen LogP contribution is -2.50. The quantitative estimate of drug-likeness (QED) is 0.829. The highest BCUT2D eigenvalue weighted by molar-refractivity contribution is 5.86. The molecule has 3 N–H and O–H groups in total. The largest absolute Gasteiger partial charge is 0.411 e. The van der Waals surface area contributed by atoms with E-state index in [4.69, 9.17) is 10.5 Å². The molecule has 2 saturated heterocycles. The highest BCUT2D eigenvalue weighted by Gasteiger charge is 2.50. The zero-order chi connectivity index (χ0) is 19.7. The minimum absolute atomic E-state index is 0.199. The molecule has 0 radical (unpaired) electrons. The number of aliphatic hydroxyl groups is 1. The van der Waals surface area contributed by atoms with Crippen LogP contribution in [0.5, 0.6) is 5.75 Å². The summed E-state index contributed by atoms with van der Waals surface area (Å²) >= 11 is 0. The number of hydrogen-bond donors (Lipinski definition) is 2. The lowest BCUT2D eigenvalue weighted by molar-refractivity contribution is -0.139. The number of primary amides is 1. The molecule has 1 unspecified atom stereocenters. The topological polar surface area (TPSA) is 96.1 Å². The molecular formula is C21H29N3O4. The van der Waals surface area contributed by atoms with Crippen molar-refractivity contribution in [2.24, 2.45) is 11.1 Å². The summed E-state index contributed by atoms with van der Waals surface area (Å²) < 4.78 is 4.90. The number of rotatable bonds is 3. The van der Waals surface area contributed by atoms with Gasteiger partial charge in [-0.15, -0.1) is 0 Å². The first-order chi connectivity index (χ1) is 13.5. The van der Waals surface area contributed by atoms with E-state index >= 15 is 0 Å². The van der Waals surface area contributed by atoms with Gasteiger partial charge in [0.1, 0.15) is 5.75 Å². The maximum atomic E-state index is 13.4. The van der Waals surface area contributed by atoms with Gasteiger partial charge in [0.05, 0.1) is 11.5 Å². The second-order valence-electron chi connectivity index (χ2n) is 8.43. The number of carbonyl (C=O) groups excluding carboxylic acids is 2. The van der Waals surface area contributed by atoms with Crippen LogP contribution in [0.4, 0.5) is 10.5 Å². The molecule has 152 valence electrons. The number of hydrogen-bond acceptors (Lipinski definition) is 5. The summed E-state index contributed by atoms with van der Waals surface area (Å²) in [5.41, 5.74) is 5.79. The molecule has 1 aromatic rings. The van der Waals surface area contributed by atoms with Gasteiger partial charge < -0.3 is 25.4 Å². The zero-order valence-corrected chi connectivity index (χ0v) is 16.2. The zero-order valence-electron chi connectivity index (χ0n) is 16.2. The number of carbonyl (C=O) groups is 2. The van der Waals surface area contributed by atoms with Crippen molar-refractivity contribution in [3.63, 3.8) is 0 Å². The number of piperidine rings is 1. The molecule has 1 aromatic carbocycles. The standard InChI is InChI=1S/C21H29N3O4/c22-20(27)28-18-8-4-15(5-9-18)23-12-1-10-21(14-23)11-13-24(19(21)26)16-2-6-17(25)7-3-16/h4-5,8-9,16-17,25H,1-3,6-7,10-14H2,(H2,22,27)/t16-,17-,21?. The van der Waals surface area contributed by atoms with Crippen molar-refractivity contribution in [1.29, 1.82) is 0 Å². The molecule has 1 atom stereocenters. The lowest BCUT2D eigenvalue weighted by Gasteiger charge is -2.41. The number of ether oxygens (including phenoxy) is 1. The molecule has 0 aromatic heterocycles. The Hall–Kier alpha value is -2.28. The third-order valence-corrected chi connectivity index (χ3v) is 6.65. The van der Waals surface area contributed by atoms with E-state index in [0.717, 1.165) is 70.3 Å². The molecule has 3 fully saturated rings. The SMILES string of the molecule is NC(=O)Oc1ccc(N2CCCC3(CCN([C@H]4CC[C@H](O)CC4)C3=O)C2)cc1. The molecule has 2 heterocycles. The molecule has 2 aliphatic heterocycles. The summed E-state index contributed by atoms with van der Waals surface area (Å²) in [5.74, 6) is 0.720. The molecule has 28 heavy (non-hydrogen) atoms. The third kappa shape index (κ3) is 3.68. The summed E-state index contributed by atoms with van der Waals surface area (Å²) in [6.07, 6.45) is 5.23. The fourth-order valence-corrected chi connectivity index (χ4v) is 5.14. The fourth-order valence-electron chi connectivity index (χ4n) is 5.14. The van der Waals surface area contributed by atoms with Gasteiger partial charge in [0.25, 0.3) is 0 Å². The Kier molecular flexibility index (Phi) is 5.19. The van der Waals surface area contributed by atoms with Crippen LogP contribution in [0.25, 0.3) is 0 Å². The predicted molar refractivity (Wildman–Crippen MR) is 105 cm³/mol. The Balaban J connectivity index is 1.44. The van der Waals surface area contributed by atoms with Crippen LogP contribution in [0.1, 0.15) is 44.9 Å². The number of likely N-dealkylation sites (tertiary alicyclic amines) is 1. The van der Waals surface area contributed by atoms with Crippen molar-refractivity contribution < 1.29 is 19.4 Å². The maximum Gasteiger partial charge on any atom is 0.409 e. The van der Waals surface area contributed by atoms with Gasteiger partial charge in [-0.2, -0.15) is 0 Å². The molecule has 0 bridgehead atoms. The summed E-state index contributed by atoms with van der Waals surface area (Å²) in [6, 6.07) is 7.58. The van der Waals surface area contributed by atoms with Gasteiger partial charge in [0, 0.05) is 31.4 Å². The third-order valence-electron chi connectivity index (χ3n) is 6.65. The average Bonchev–Trinajstić information content (AvgIpc) is 2.98. The van der Waals surface area contributed by atoms with E-state index in [-0.39, 0.29) is 17.6 Å². The van der Waals surface area contributed by atoms with E-state index in [1.54, 1.807) is 12.1 Å². The molecule has 4 rings (SSSR count). The maximum absolute atomic E-state index is 13.4. The highest BCUT2D eigenvalue weighted by Crippen LogP contribution is 2.43. The minimum Gasteiger partial charge on any atom is -0.411 e. The predicted octanol–water partition coefficient (Wildman–Crippen LogP) is 2.27. The van der Waals surface area contributed by atoms with Crippen molar-refractivity contribution >= 4 is 17.7 Å². The van der Waals surface area contributed by atoms with Crippen molar-refractivity contribution in [3.8, 4) is 5.75 Å². The van der Waals surface area contributed by atoms with Gasteiger partial charge in [-0.3, -0.25) is 4.79 Å². The van der Waals surface area contributed by atoms with E-state index < -0.39 is 6.09 Å². The smallest absolute Gasteiger partial charge is 0.409 e. The van der Waals surface area contributed by atoms with Gasteiger partial charge in [0.2, 0.25) is 5.91 Å². The molecule has 1 saturated carbocycles. The average molecular weight is 387 g/mol. The van der Waals surface area contributed by atoms with E-state index in [0.29, 0.717) is 11.7 Å². The second-order valence-corrected chi connectivity index (χ2v) is 8.43. The van der Waals surface area contributed by atoms with Gasteiger partial charge >= 0.3 is 6.09 Å². The molecule has 7 heteroatoms. The van der Waals surface area contributed by atoms with Crippen LogP contribution in [0.15, 0.2) is 24.3 Å². The van der Waals surface area contributed by atoms with Crippen LogP contribution < -0.4 is 15.4 Å². The Labute approximate surface area is 165 Å². The van der Waals surface area contributed by atoms with Crippen molar-refractivity contribution in [3.05, 3.63) is 24.3 Å². The van der Waals surface area contributed by atoms with Gasteiger partial charge in [0.15, 0.2) is 0 Å². The van der Waals surface area contributed by atoms with E-state index in [2.05, 4.69) is 9.80 Å². The number of aliphatic hydroxyl groups excluding tert-OH is 1. The second kappa shape index (κ2) is 7.62. The monoisotopic (exact) mass is 387 g/mol. The molecule has 3 aliphatic rings. The van der Waals surface area contributed by atoms with Crippen LogP contribution in [0, 0.1) is 5.41 Å². The summed E-state index contributed by atoms with van der Waals surface area (Å²) in [4.78, 5) is 28.6. The summed E-state index contributed by atoms with van der Waals surface area (Å²) in [7, 11) is 0. The minimum atomic E-state index is -0.823. The van der Waals surface area contributed by atoms with Crippen LogP contribution in [-0.4, -0.2) is 53.8 Å². The molecule has 2 amide bonds. The highest BCUT2D eigenvalue weighted by atomic mass is 16.5. The Morgan fingerprint density at radius 2 is 1.82 bits per heavy atom. The molecular weight excluding hydrogens is 358 g/mol. The van der Waals surface area contributed by atoms with Crippen LogP contribution in [-0.2, 0) is 4.79 Å². The van der Waals surface area contributed by atoms with Crippen LogP contribution >= 0.6 is 0 Å². The first-order valence-electron chi connectivity index (χ1n) is 10.3. The van der Waals surface area contributed by atoms with Gasteiger partial charge in [-0.1, -0.05) is 0 Å². The number of amides is 2. The Morgan fingerprint density at radius 1 is 1.11 bits per heavy atom. The van der Waals surface area contributed by atoms with Gasteiger partial charge in [-0.25, -0.2) is 4.79 Å². The van der Waals surface area contributed by atoms with E-state index in [1.807, 2.05) is 12.1 Å². The fraction of sp³-hybridized carbons (Fsp3) is 0.619. The number of nitrogens with two attached hydrogens (primary N) is 1. The van der Waals surface area contributed by atoms with Gasteiger partial charge in [-0.05, 0) is 69.2 Å². The normalized spacial score (nSPS) is 30.7. The first kappa shape index (κ1) is 19.1. The van der Waals surface area contributed by atoms with E-state index in [1.165, 1.54) is 0 Å². The number of benzene rings is 1. The van der Waals surface area contributed by atoms with Crippen LogP contribution in [0.2, 0.25) is 0 Å². The molecule has 1 aliphatic carbocycles. The van der Waals surface area contributed by atoms with Crippen molar-refractivity contribution in [2.75, 3.05) is 24.5 Å². The van der Waals surface area contributed by atoms with Crippen LogP contribution in [0.3, 0.4) is 0 Å². The Morgan fingerprint density at radius 3 is 2.50 bits per heavy atom. The Bertz CT molecular complexity index is 730. The summed E-state index contributed by atoms with van der Waals surface area (Å²) in [5, 5.41) is 9.76. The molecule has 1 spiro atoms. The number of anilines is 1. The number of nitrogens with zero attached hydrogens (tertiary/aromatic N) is 2. The first-order valence-corrected chi connectivity index (χ1v) is 10.3. The lowest BCUT2D eigenvalue weighted by atomic mass is 9.78. The van der Waals surface area contributed by atoms with Crippen molar-refractivity contribution in [1.82, 2.24) is 4.90 Å². The van der Waals surface area contributed by atoms with Crippen molar-refractivity contribution in [2.45, 2.75) is 57.1 Å². The van der Waals surface area contributed by atoms with E-state index in [9.17, 15) is 14.7 Å². The summed E-state index contributed by atoms with van der Waals surface area (Å²) in [6.45, 7) is 2.48.